The van der Waals surface area contributed by atoms with Gasteiger partial charge in [-0.25, -0.2) is 0 Å². The summed E-state index contributed by atoms with van der Waals surface area (Å²) in [6.45, 7) is 5.12. The first kappa shape index (κ1) is 8.92. The highest BCUT2D eigenvalue weighted by molar-refractivity contribution is 9.12. The van der Waals surface area contributed by atoms with Gasteiger partial charge >= 0.3 is 0 Å². The molecule has 0 aromatic heterocycles. The van der Waals surface area contributed by atoms with E-state index in [1.54, 1.807) is 12.3 Å². The number of rotatable bonds is 2. The third kappa shape index (κ3) is 3.49. The lowest BCUT2D eigenvalue weighted by molar-refractivity contribution is 1.57. The van der Waals surface area contributed by atoms with Crippen molar-refractivity contribution in [3.05, 3.63) is 21.8 Å². The smallest absolute Gasteiger partial charge is 0.0540 e. The SMILES string of the molecule is C=N/C=C(Br)\C(Cl)=C/C. The quantitative estimate of drug-likeness (QED) is 0.488. The molecule has 0 aliphatic rings. The van der Waals surface area contributed by atoms with Crippen molar-refractivity contribution in [1.29, 1.82) is 0 Å². The van der Waals surface area contributed by atoms with Gasteiger partial charge < -0.3 is 0 Å². The predicted octanol–water partition coefficient (Wildman–Crippen LogP) is 3.07. The highest BCUT2D eigenvalue weighted by Crippen LogP contribution is 2.19. The van der Waals surface area contributed by atoms with E-state index in [1.807, 2.05) is 6.92 Å². The minimum absolute atomic E-state index is 0.641. The predicted molar refractivity (Wildman–Crippen MR) is 46.2 cm³/mol. The van der Waals surface area contributed by atoms with Gasteiger partial charge in [-0.1, -0.05) is 17.7 Å². The molecule has 0 N–H and O–H groups in total. The maximum absolute atomic E-state index is 5.65. The van der Waals surface area contributed by atoms with Crippen molar-refractivity contribution in [2.45, 2.75) is 6.92 Å². The molecule has 0 heterocycles. The van der Waals surface area contributed by atoms with E-state index in [0.29, 0.717) is 5.03 Å². The summed E-state index contributed by atoms with van der Waals surface area (Å²) in [7, 11) is 0. The van der Waals surface area contributed by atoms with Gasteiger partial charge in [-0.05, 0) is 29.6 Å². The first-order chi connectivity index (χ1) is 4.22. The maximum Gasteiger partial charge on any atom is 0.0540 e. The summed E-state index contributed by atoms with van der Waals surface area (Å²) in [5.74, 6) is 0. The van der Waals surface area contributed by atoms with E-state index in [2.05, 4.69) is 27.6 Å². The maximum atomic E-state index is 5.65. The van der Waals surface area contributed by atoms with Crippen molar-refractivity contribution in [2.75, 3.05) is 0 Å². The molecule has 0 spiro atoms. The van der Waals surface area contributed by atoms with E-state index in [0.717, 1.165) is 4.48 Å². The second-order valence-electron chi connectivity index (χ2n) is 1.30. The monoisotopic (exact) mass is 207 g/mol. The second kappa shape index (κ2) is 4.77. The van der Waals surface area contributed by atoms with Gasteiger partial charge in [0.2, 0.25) is 0 Å². The van der Waals surface area contributed by atoms with E-state index < -0.39 is 0 Å². The molecule has 0 unspecified atom stereocenters. The van der Waals surface area contributed by atoms with E-state index in [9.17, 15) is 0 Å². The lowest BCUT2D eigenvalue weighted by atomic mass is 10.5. The van der Waals surface area contributed by atoms with Crippen LogP contribution in [0.3, 0.4) is 0 Å². The summed E-state index contributed by atoms with van der Waals surface area (Å²) in [5.41, 5.74) is 0. The van der Waals surface area contributed by atoms with Crippen LogP contribution in [0.4, 0.5) is 0 Å². The Balaban J connectivity index is 4.19. The summed E-state index contributed by atoms with van der Waals surface area (Å²) in [4.78, 5) is 3.52. The molecule has 0 bridgehead atoms. The van der Waals surface area contributed by atoms with Crippen LogP contribution in [-0.4, -0.2) is 6.72 Å². The average molecular weight is 208 g/mol. The summed E-state index contributed by atoms with van der Waals surface area (Å²) in [6.07, 6.45) is 3.32. The van der Waals surface area contributed by atoms with E-state index in [1.165, 1.54) is 0 Å². The standard InChI is InChI=1S/C6H7BrClN/c1-3-6(8)5(7)4-9-2/h3-4H,2H2,1H3/b5-4+,6-3+. The zero-order valence-corrected chi connectivity index (χ0v) is 7.41. The van der Waals surface area contributed by atoms with Crippen molar-refractivity contribution in [1.82, 2.24) is 0 Å². The van der Waals surface area contributed by atoms with Gasteiger partial charge in [0.15, 0.2) is 0 Å². The van der Waals surface area contributed by atoms with Crippen LogP contribution in [0.25, 0.3) is 0 Å². The van der Waals surface area contributed by atoms with Gasteiger partial charge in [-0.15, -0.1) is 0 Å². The fourth-order valence-corrected chi connectivity index (χ4v) is 0.702. The van der Waals surface area contributed by atoms with Gasteiger partial charge in [0, 0.05) is 6.20 Å². The van der Waals surface area contributed by atoms with Gasteiger partial charge in [0.05, 0.1) is 9.51 Å². The summed E-state index contributed by atoms with van der Waals surface area (Å²) in [6, 6.07) is 0. The number of nitrogens with zero attached hydrogens (tertiary/aromatic N) is 1. The molecule has 0 fully saturated rings. The zero-order valence-electron chi connectivity index (χ0n) is 5.06. The Hall–Kier alpha value is -0.0800. The van der Waals surface area contributed by atoms with Crippen LogP contribution in [0.2, 0.25) is 0 Å². The fourth-order valence-electron chi connectivity index (χ4n) is 0.280. The van der Waals surface area contributed by atoms with Crippen LogP contribution < -0.4 is 0 Å². The Morgan fingerprint density at radius 1 is 1.78 bits per heavy atom. The number of hydrogen-bond acceptors (Lipinski definition) is 1. The molecule has 0 saturated carbocycles. The van der Waals surface area contributed by atoms with Crippen LogP contribution in [-0.2, 0) is 0 Å². The van der Waals surface area contributed by atoms with Crippen molar-refractivity contribution in [3.63, 3.8) is 0 Å². The molecule has 50 valence electrons. The molecule has 0 rings (SSSR count). The van der Waals surface area contributed by atoms with Crippen molar-refractivity contribution in [3.8, 4) is 0 Å². The van der Waals surface area contributed by atoms with Crippen molar-refractivity contribution < 1.29 is 0 Å². The Kier molecular flexibility index (Phi) is 4.72. The molecule has 0 aromatic rings. The molecule has 0 aromatic carbocycles. The summed E-state index contributed by atoms with van der Waals surface area (Å²) in [5, 5.41) is 0.641. The number of allylic oxidation sites excluding steroid dienone is 3. The minimum atomic E-state index is 0.641. The molecule has 0 amide bonds. The Labute approximate surface area is 68.3 Å². The van der Waals surface area contributed by atoms with Gasteiger partial charge in [-0.3, -0.25) is 4.99 Å². The molecule has 0 saturated heterocycles. The zero-order chi connectivity index (χ0) is 7.28. The van der Waals surface area contributed by atoms with E-state index in [-0.39, 0.29) is 0 Å². The first-order valence-electron chi connectivity index (χ1n) is 2.36. The Morgan fingerprint density at radius 2 is 2.33 bits per heavy atom. The molecule has 0 aliphatic carbocycles. The summed E-state index contributed by atoms with van der Waals surface area (Å²) < 4.78 is 0.752. The highest BCUT2D eigenvalue weighted by atomic mass is 79.9. The number of hydrogen-bond donors (Lipinski definition) is 0. The molecule has 0 aliphatic heterocycles. The average Bonchev–Trinajstić information content (AvgIpc) is 1.87. The third-order valence-corrected chi connectivity index (χ3v) is 1.97. The highest BCUT2D eigenvalue weighted by Gasteiger charge is 1.92. The van der Waals surface area contributed by atoms with Gasteiger partial charge in [0.25, 0.3) is 0 Å². The molecular weight excluding hydrogens is 201 g/mol. The number of halogens is 2. The molecular formula is C6H7BrClN. The molecule has 0 atom stereocenters. The molecule has 0 radical (unpaired) electrons. The first-order valence-corrected chi connectivity index (χ1v) is 3.53. The van der Waals surface area contributed by atoms with Crippen LogP contribution in [0, 0.1) is 0 Å². The molecule has 1 nitrogen and oxygen atoms in total. The lowest BCUT2D eigenvalue weighted by Crippen LogP contribution is -1.67. The summed E-state index contributed by atoms with van der Waals surface area (Å²) >= 11 is 8.84. The Morgan fingerprint density at radius 3 is 2.67 bits per heavy atom. The minimum Gasteiger partial charge on any atom is -0.271 e. The second-order valence-corrected chi connectivity index (χ2v) is 2.56. The molecule has 3 heteroatoms. The lowest BCUT2D eigenvalue weighted by Gasteiger charge is -1.89. The normalized spacial score (nSPS) is 13.7. The van der Waals surface area contributed by atoms with Crippen molar-refractivity contribution in [2.24, 2.45) is 4.99 Å². The third-order valence-electron chi connectivity index (χ3n) is 0.686. The number of aliphatic imine (C=N–C) groups is 1. The largest absolute Gasteiger partial charge is 0.271 e. The Bertz CT molecular complexity index is 160. The van der Waals surface area contributed by atoms with Crippen molar-refractivity contribution >= 4 is 34.2 Å². The van der Waals surface area contributed by atoms with Crippen LogP contribution in [0.5, 0.6) is 0 Å². The van der Waals surface area contributed by atoms with Gasteiger partial charge in [0.1, 0.15) is 0 Å². The van der Waals surface area contributed by atoms with Crippen LogP contribution in [0.1, 0.15) is 6.92 Å². The fraction of sp³-hybridized carbons (Fsp3) is 0.167. The molecule has 9 heavy (non-hydrogen) atoms. The topological polar surface area (TPSA) is 12.4 Å². The van der Waals surface area contributed by atoms with E-state index in [4.69, 9.17) is 11.6 Å². The van der Waals surface area contributed by atoms with Crippen LogP contribution in [0.15, 0.2) is 26.8 Å². The van der Waals surface area contributed by atoms with Crippen LogP contribution >= 0.6 is 27.5 Å². The van der Waals surface area contributed by atoms with E-state index >= 15 is 0 Å². The van der Waals surface area contributed by atoms with Gasteiger partial charge in [-0.2, -0.15) is 0 Å².